The molecule has 0 radical (unpaired) electrons. The number of fused-ring (bicyclic) bond motifs is 1. The van der Waals surface area contributed by atoms with Gasteiger partial charge >= 0.3 is 0 Å². The molecule has 5 nitrogen and oxygen atoms in total. The molecule has 2 aromatic rings. The van der Waals surface area contributed by atoms with E-state index < -0.39 is 0 Å². The summed E-state index contributed by atoms with van der Waals surface area (Å²) in [7, 11) is 0. The normalized spacial score (nSPS) is 11.7. The van der Waals surface area contributed by atoms with Gasteiger partial charge in [0, 0.05) is 37.5 Å². The molecule has 0 atom stereocenters. The molecular weight excluding hydrogens is 262 g/mol. The molecule has 0 aliphatic heterocycles. The number of aromatic nitrogens is 2. The van der Waals surface area contributed by atoms with E-state index in [-0.39, 0.29) is 5.84 Å². The van der Waals surface area contributed by atoms with E-state index in [2.05, 4.69) is 49.9 Å². The van der Waals surface area contributed by atoms with Gasteiger partial charge in [-0.05, 0) is 26.8 Å². The summed E-state index contributed by atoms with van der Waals surface area (Å²) in [6, 6.07) is 8.76. The van der Waals surface area contributed by atoms with Crippen LogP contribution in [-0.4, -0.2) is 33.1 Å². The predicted octanol–water partition coefficient (Wildman–Crippen LogP) is 2.59. The van der Waals surface area contributed by atoms with Gasteiger partial charge in [-0.15, -0.1) is 0 Å². The lowest BCUT2D eigenvalue weighted by molar-refractivity contribution is 0.216. The van der Waals surface area contributed by atoms with Crippen LogP contribution in [0.2, 0.25) is 0 Å². The molecule has 0 saturated carbocycles. The van der Waals surface area contributed by atoms with E-state index >= 15 is 0 Å². The molecule has 1 heterocycles. The SMILES string of the molecule is CCn1nc(CN(CCC(=N)N)C(C)C)c2ccccc21. The zero-order valence-corrected chi connectivity index (χ0v) is 13.1. The zero-order valence-electron chi connectivity index (χ0n) is 13.1. The molecule has 0 amide bonds. The fourth-order valence-electron chi connectivity index (χ4n) is 2.53. The Morgan fingerprint density at radius 2 is 2.10 bits per heavy atom. The van der Waals surface area contributed by atoms with Gasteiger partial charge in [0.1, 0.15) is 0 Å². The van der Waals surface area contributed by atoms with Crippen molar-refractivity contribution in [1.29, 1.82) is 5.41 Å². The van der Waals surface area contributed by atoms with Crippen molar-refractivity contribution < 1.29 is 0 Å². The third-order valence-corrected chi connectivity index (χ3v) is 3.79. The first-order chi connectivity index (χ1) is 10.0. The van der Waals surface area contributed by atoms with Crippen LogP contribution in [0.3, 0.4) is 0 Å². The number of hydrogen-bond donors (Lipinski definition) is 2. The van der Waals surface area contributed by atoms with Crippen molar-refractivity contribution in [1.82, 2.24) is 14.7 Å². The minimum absolute atomic E-state index is 0.240. The van der Waals surface area contributed by atoms with Gasteiger partial charge in [-0.2, -0.15) is 5.10 Å². The minimum Gasteiger partial charge on any atom is -0.388 e. The van der Waals surface area contributed by atoms with Crippen molar-refractivity contribution in [2.45, 2.75) is 46.3 Å². The van der Waals surface area contributed by atoms with E-state index in [1.807, 2.05) is 4.68 Å². The highest BCUT2D eigenvalue weighted by molar-refractivity contribution is 5.82. The Hall–Kier alpha value is -1.88. The predicted molar refractivity (Wildman–Crippen MR) is 87.5 cm³/mol. The average Bonchev–Trinajstić information content (AvgIpc) is 2.81. The van der Waals surface area contributed by atoms with Gasteiger partial charge in [-0.3, -0.25) is 15.0 Å². The van der Waals surface area contributed by atoms with Gasteiger partial charge in [0.15, 0.2) is 0 Å². The first kappa shape index (κ1) is 15.5. The summed E-state index contributed by atoms with van der Waals surface area (Å²) in [4.78, 5) is 2.32. The van der Waals surface area contributed by atoms with E-state index in [0.717, 1.165) is 25.3 Å². The maximum atomic E-state index is 7.40. The van der Waals surface area contributed by atoms with Crippen molar-refractivity contribution in [3.8, 4) is 0 Å². The average molecular weight is 287 g/mol. The van der Waals surface area contributed by atoms with Crippen molar-refractivity contribution in [3.63, 3.8) is 0 Å². The van der Waals surface area contributed by atoms with Gasteiger partial charge in [0.05, 0.1) is 17.0 Å². The van der Waals surface area contributed by atoms with Crippen molar-refractivity contribution in [2.24, 2.45) is 5.73 Å². The van der Waals surface area contributed by atoms with Gasteiger partial charge in [0.2, 0.25) is 0 Å². The second kappa shape index (κ2) is 6.72. The van der Waals surface area contributed by atoms with Crippen LogP contribution in [0.4, 0.5) is 0 Å². The minimum atomic E-state index is 0.240. The van der Waals surface area contributed by atoms with Crippen molar-refractivity contribution in [2.75, 3.05) is 6.54 Å². The first-order valence-electron chi connectivity index (χ1n) is 7.54. The molecule has 0 saturated heterocycles. The fraction of sp³-hybridized carbons (Fsp3) is 0.500. The highest BCUT2D eigenvalue weighted by atomic mass is 15.3. The lowest BCUT2D eigenvalue weighted by Gasteiger charge is -2.25. The molecule has 5 heteroatoms. The maximum Gasteiger partial charge on any atom is 0.0918 e. The summed E-state index contributed by atoms with van der Waals surface area (Å²) in [6.45, 7) is 8.89. The largest absolute Gasteiger partial charge is 0.388 e. The molecule has 0 spiro atoms. The molecule has 114 valence electrons. The van der Waals surface area contributed by atoms with Crippen LogP contribution in [0.5, 0.6) is 0 Å². The third-order valence-electron chi connectivity index (χ3n) is 3.79. The van der Waals surface area contributed by atoms with E-state index in [4.69, 9.17) is 16.2 Å². The van der Waals surface area contributed by atoms with Crippen LogP contribution in [-0.2, 0) is 13.1 Å². The van der Waals surface area contributed by atoms with Crippen LogP contribution in [0.25, 0.3) is 10.9 Å². The van der Waals surface area contributed by atoms with Gasteiger partial charge in [-0.25, -0.2) is 0 Å². The summed E-state index contributed by atoms with van der Waals surface area (Å²) >= 11 is 0. The maximum absolute atomic E-state index is 7.40. The second-order valence-electron chi connectivity index (χ2n) is 5.62. The summed E-state index contributed by atoms with van der Waals surface area (Å²) in [5.41, 5.74) is 7.77. The summed E-state index contributed by atoms with van der Waals surface area (Å²) < 4.78 is 2.05. The molecule has 2 rings (SSSR count). The molecule has 3 N–H and O–H groups in total. The molecule has 0 aliphatic carbocycles. The van der Waals surface area contributed by atoms with E-state index in [1.165, 1.54) is 10.9 Å². The van der Waals surface area contributed by atoms with Crippen LogP contribution in [0.1, 0.15) is 32.9 Å². The van der Waals surface area contributed by atoms with Gasteiger partial charge < -0.3 is 5.73 Å². The molecule has 0 fully saturated rings. The number of aryl methyl sites for hydroxylation is 1. The van der Waals surface area contributed by atoms with E-state index in [0.29, 0.717) is 12.5 Å². The van der Waals surface area contributed by atoms with Crippen LogP contribution in [0.15, 0.2) is 24.3 Å². The summed E-state index contributed by atoms with van der Waals surface area (Å²) in [5, 5.41) is 13.4. The van der Waals surface area contributed by atoms with Crippen LogP contribution >= 0.6 is 0 Å². The number of para-hydroxylation sites is 1. The van der Waals surface area contributed by atoms with Crippen molar-refractivity contribution >= 4 is 16.7 Å². The quantitative estimate of drug-likeness (QED) is 0.607. The number of nitrogens with one attached hydrogen (secondary N) is 1. The molecule has 1 aromatic carbocycles. The second-order valence-corrected chi connectivity index (χ2v) is 5.62. The number of rotatable bonds is 7. The highest BCUT2D eigenvalue weighted by Crippen LogP contribution is 2.20. The Morgan fingerprint density at radius 3 is 2.71 bits per heavy atom. The molecule has 0 bridgehead atoms. The summed E-state index contributed by atoms with van der Waals surface area (Å²) in [5.74, 6) is 0.240. The van der Waals surface area contributed by atoms with Gasteiger partial charge in [0.25, 0.3) is 0 Å². The number of benzene rings is 1. The van der Waals surface area contributed by atoms with Crippen LogP contribution in [0, 0.1) is 5.41 Å². The topological polar surface area (TPSA) is 70.9 Å². The molecule has 0 aliphatic rings. The Morgan fingerprint density at radius 1 is 1.38 bits per heavy atom. The van der Waals surface area contributed by atoms with E-state index in [1.54, 1.807) is 0 Å². The van der Waals surface area contributed by atoms with E-state index in [9.17, 15) is 0 Å². The van der Waals surface area contributed by atoms with Crippen molar-refractivity contribution in [3.05, 3.63) is 30.0 Å². The smallest absolute Gasteiger partial charge is 0.0918 e. The molecule has 0 unspecified atom stereocenters. The lowest BCUT2D eigenvalue weighted by atomic mass is 10.2. The zero-order chi connectivity index (χ0) is 15.4. The Bertz CT molecular complexity index is 614. The number of amidine groups is 1. The number of nitrogens with zero attached hydrogens (tertiary/aromatic N) is 3. The molecule has 1 aromatic heterocycles. The molecule has 21 heavy (non-hydrogen) atoms. The molecular formula is C16H25N5. The van der Waals surface area contributed by atoms with Gasteiger partial charge in [-0.1, -0.05) is 18.2 Å². The Balaban J connectivity index is 2.26. The first-order valence-corrected chi connectivity index (χ1v) is 7.54. The summed E-state index contributed by atoms with van der Waals surface area (Å²) in [6.07, 6.45) is 0.602. The third kappa shape index (κ3) is 3.61. The number of hydrogen-bond acceptors (Lipinski definition) is 3. The Kier molecular flexibility index (Phi) is 4.96. The lowest BCUT2D eigenvalue weighted by Crippen LogP contribution is -2.33. The number of nitrogens with two attached hydrogens (primary N) is 1. The monoisotopic (exact) mass is 287 g/mol. The highest BCUT2D eigenvalue weighted by Gasteiger charge is 2.15. The Labute approximate surface area is 126 Å². The fourth-order valence-corrected chi connectivity index (χ4v) is 2.53. The standard InChI is InChI=1S/C16H25N5/c1-4-21-15-8-6-5-7-13(15)14(19-21)11-20(12(2)3)10-9-16(17)18/h5-8,12H,4,9-11H2,1-3H3,(H3,17,18). The van der Waals surface area contributed by atoms with Crippen LogP contribution < -0.4 is 5.73 Å².